The first-order valence-corrected chi connectivity index (χ1v) is 8.87. The quantitative estimate of drug-likeness (QED) is 0.466. The van der Waals surface area contributed by atoms with Crippen LogP contribution in [0.25, 0.3) is 10.9 Å². The van der Waals surface area contributed by atoms with E-state index in [4.69, 9.17) is 4.74 Å². The van der Waals surface area contributed by atoms with E-state index in [-0.39, 0.29) is 11.8 Å². The number of rotatable bonds is 9. The number of ketones is 1. The van der Waals surface area contributed by atoms with Gasteiger partial charge < -0.3 is 15.0 Å². The molecule has 0 amide bonds. The second-order valence-corrected chi connectivity index (χ2v) is 6.08. The van der Waals surface area contributed by atoms with E-state index in [0.29, 0.717) is 0 Å². The average molecular weight is 337 g/mol. The normalized spacial score (nSPS) is 12.4. The number of nitrogens with two attached hydrogens (primary N) is 1. The summed E-state index contributed by atoms with van der Waals surface area (Å²) in [7, 11) is 0. The first kappa shape index (κ1) is 17.4. The van der Waals surface area contributed by atoms with Gasteiger partial charge in [-0.15, -0.1) is 0 Å². The first-order valence-electron chi connectivity index (χ1n) is 8.87. The Morgan fingerprint density at radius 3 is 2.68 bits per heavy atom. The van der Waals surface area contributed by atoms with Gasteiger partial charge in [-0.25, -0.2) is 0 Å². The third-order valence-electron chi connectivity index (χ3n) is 4.40. The molecule has 0 bridgehead atoms. The molecule has 0 aliphatic rings. The fourth-order valence-electron chi connectivity index (χ4n) is 3.11. The highest BCUT2D eigenvalue weighted by Crippen LogP contribution is 2.22. The van der Waals surface area contributed by atoms with E-state index in [1.165, 1.54) is 0 Å². The van der Waals surface area contributed by atoms with Crippen molar-refractivity contribution in [2.75, 3.05) is 19.8 Å². The maximum absolute atomic E-state index is 13.3. The molecular weight excluding hydrogens is 312 g/mol. The predicted octanol–water partition coefficient (Wildman–Crippen LogP) is 3.08. The molecule has 4 heteroatoms. The van der Waals surface area contributed by atoms with Crippen LogP contribution >= 0.6 is 0 Å². The molecule has 3 aromatic rings. The molecule has 1 atom stereocenters. The van der Waals surface area contributed by atoms with Gasteiger partial charge in [-0.05, 0) is 13.0 Å². The van der Waals surface area contributed by atoms with E-state index < -0.39 is 0 Å². The Kier molecular flexibility index (Phi) is 5.99. The number of carbonyl (C=O) groups is 1. The maximum Gasteiger partial charge on any atom is 0.226 e. The van der Waals surface area contributed by atoms with Crippen LogP contribution < -0.4 is 5.32 Å². The number of hydrogen-bond donors (Lipinski definition) is 2. The summed E-state index contributed by atoms with van der Waals surface area (Å²) in [6.07, 6.45) is 2.76. The molecule has 0 aliphatic heterocycles. The van der Waals surface area contributed by atoms with E-state index in [1.807, 2.05) is 67.7 Å². The van der Waals surface area contributed by atoms with Crippen LogP contribution in [0.4, 0.5) is 0 Å². The Morgan fingerprint density at radius 2 is 1.88 bits per heavy atom. The molecule has 4 nitrogen and oxygen atoms in total. The molecule has 3 N–H and O–H groups in total. The van der Waals surface area contributed by atoms with Crippen molar-refractivity contribution in [3.63, 3.8) is 0 Å². The van der Waals surface area contributed by atoms with Gasteiger partial charge in [-0.2, -0.15) is 0 Å². The summed E-state index contributed by atoms with van der Waals surface area (Å²) in [6, 6.07) is 17.7. The fraction of sp³-hybridized carbons (Fsp3) is 0.286. The van der Waals surface area contributed by atoms with Crippen LogP contribution in [0.2, 0.25) is 0 Å². The third kappa shape index (κ3) is 4.16. The molecule has 0 aliphatic carbocycles. The number of aromatic nitrogens is 1. The molecular formula is C21H25N2O2+. The standard InChI is InChI=1S/C21H24N2O2/c1-2-25-14-8-13-22-20(16-9-4-3-5-10-16)21(24)18-15-23-19-12-7-6-11-17(18)19/h3-7,9-12,15,20,22-23H,2,8,13-14H2,1H3/p+1/t20-/m0/s1. The summed E-state index contributed by atoms with van der Waals surface area (Å²) in [5.41, 5.74) is 2.79. The lowest BCUT2D eigenvalue weighted by Crippen LogP contribution is -2.87. The smallest absolute Gasteiger partial charge is 0.226 e. The zero-order valence-electron chi connectivity index (χ0n) is 14.6. The number of nitrogens with one attached hydrogen (secondary N) is 1. The molecule has 0 saturated carbocycles. The van der Waals surface area contributed by atoms with E-state index >= 15 is 0 Å². The second-order valence-electron chi connectivity index (χ2n) is 6.08. The van der Waals surface area contributed by atoms with Crippen molar-refractivity contribution in [3.8, 4) is 0 Å². The molecule has 0 saturated heterocycles. The van der Waals surface area contributed by atoms with Gasteiger partial charge in [0.2, 0.25) is 5.78 Å². The van der Waals surface area contributed by atoms with E-state index in [0.717, 1.165) is 48.2 Å². The highest BCUT2D eigenvalue weighted by atomic mass is 16.5. The van der Waals surface area contributed by atoms with Crippen molar-refractivity contribution in [2.24, 2.45) is 0 Å². The zero-order valence-corrected chi connectivity index (χ0v) is 14.6. The molecule has 0 unspecified atom stereocenters. The number of carbonyl (C=O) groups excluding carboxylic acids is 1. The van der Waals surface area contributed by atoms with Crippen molar-refractivity contribution in [3.05, 3.63) is 71.9 Å². The Morgan fingerprint density at radius 1 is 1.12 bits per heavy atom. The van der Waals surface area contributed by atoms with Gasteiger partial charge in [0.05, 0.1) is 13.2 Å². The van der Waals surface area contributed by atoms with Crippen LogP contribution in [0.15, 0.2) is 60.8 Å². The average Bonchev–Trinajstić information content (AvgIpc) is 3.09. The van der Waals surface area contributed by atoms with Gasteiger partial charge in [0.25, 0.3) is 0 Å². The molecule has 25 heavy (non-hydrogen) atoms. The Hall–Kier alpha value is -2.43. The molecule has 2 aromatic carbocycles. The minimum absolute atomic E-state index is 0.139. The van der Waals surface area contributed by atoms with Gasteiger partial charge in [-0.3, -0.25) is 4.79 Å². The SMILES string of the molecule is CCOCCC[NH2+][C@H](C(=O)c1c[nH]c2ccccc12)c1ccccc1. The molecule has 1 aromatic heterocycles. The summed E-state index contributed by atoms with van der Waals surface area (Å²) in [6.45, 7) is 4.32. The van der Waals surface area contributed by atoms with Gasteiger partial charge in [0, 0.05) is 41.3 Å². The molecule has 1 heterocycles. The minimum atomic E-state index is -0.234. The first-order chi connectivity index (χ1) is 12.3. The molecule has 130 valence electrons. The lowest BCUT2D eigenvalue weighted by molar-refractivity contribution is -0.681. The number of H-pyrrole nitrogens is 1. The van der Waals surface area contributed by atoms with Gasteiger partial charge in [-0.1, -0.05) is 48.5 Å². The fourth-order valence-corrected chi connectivity index (χ4v) is 3.11. The number of aromatic amines is 1. The van der Waals surface area contributed by atoms with Crippen LogP contribution in [0.3, 0.4) is 0 Å². The third-order valence-corrected chi connectivity index (χ3v) is 4.40. The summed E-state index contributed by atoms with van der Waals surface area (Å²) >= 11 is 0. The molecule has 0 fully saturated rings. The largest absolute Gasteiger partial charge is 0.382 e. The molecule has 3 rings (SSSR count). The Labute approximate surface area is 148 Å². The summed E-state index contributed by atoms with van der Waals surface area (Å²) in [5, 5.41) is 3.11. The summed E-state index contributed by atoms with van der Waals surface area (Å²) in [4.78, 5) is 16.5. The van der Waals surface area contributed by atoms with Gasteiger partial charge >= 0.3 is 0 Å². The monoisotopic (exact) mass is 337 g/mol. The number of hydrogen-bond acceptors (Lipinski definition) is 2. The van der Waals surface area contributed by atoms with Crippen LogP contribution in [-0.2, 0) is 4.74 Å². The number of ether oxygens (including phenoxy) is 1. The van der Waals surface area contributed by atoms with Crippen LogP contribution in [0, 0.1) is 0 Å². The number of para-hydroxylation sites is 1. The number of fused-ring (bicyclic) bond motifs is 1. The number of Topliss-reactive ketones (excluding diaryl/α,β-unsaturated/α-hetero) is 1. The summed E-state index contributed by atoms with van der Waals surface area (Å²) in [5.74, 6) is 0.139. The second kappa shape index (κ2) is 8.60. The van der Waals surface area contributed by atoms with E-state index in [9.17, 15) is 4.79 Å². The number of benzene rings is 2. The number of quaternary nitrogens is 1. The van der Waals surface area contributed by atoms with Crippen molar-refractivity contribution in [1.29, 1.82) is 0 Å². The Balaban J connectivity index is 1.82. The van der Waals surface area contributed by atoms with Crippen LogP contribution in [0.5, 0.6) is 0 Å². The lowest BCUT2D eigenvalue weighted by Gasteiger charge is -2.15. The molecule has 0 spiro atoms. The topological polar surface area (TPSA) is 58.7 Å². The van der Waals surface area contributed by atoms with Crippen LogP contribution in [-0.4, -0.2) is 30.5 Å². The van der Waals surface area contributed by atoms with E-state index in [1.54, 1.807) is 0 Å². The van der Waals surface area contributed by atoms with Gasteiger partial charge in [0.1, 0.15) is 0 Å². The predicted molar refractivity (Wildman–Crippen MR) is 99.7 cm³/mol. The van der Waals surface area contributed by atoms with Gasteiger partial charge in [0.15, 0.2) is 6.04 Å². The van der Waals surface area contributed by atoms with E-state index in [2.05, 4.69) is 10.3 Å². The minimum Gasteiger partial charge on any atom is -0.382 e. The van der Waals surface area contributed by atoms with Crippen molar-refractivity contribution >= 4 is 16.7 Å². The maximum atomic E-state index is 13.3. The summed E-state index contributed by atoms with van der Waals surface area (Å²) < 4.78 is 5.40. The zero-order chi connectivity index (χ0) is 17.5. The van der Waals surface area contributed by atoms with Crippen molar-refractivity contribution < 1.29 is 14.8 Å². The Bertz CT molecular complexity index is 811. The van der Waals surface area contributed by atoms with Crippen LogP contribution in [0.1, 0.15) is 35.3 Å². The highest BCUT2D eigenvalue weighted by Gasteiger charge is 2.27. The lowest BCUT2D eigenvalue weighted by atomic mass is 9.97. The van der Waals surface area contributed by atoms with Crippen molar-refractivity contribution in [2.45, 2.75) is 19.4 Å². The highest BCUT2D eigenvalue weighted by molar-refractivity contribution is 6.09. The van der Waals surface area contributed by atoms with Crippen molar-refractivity contribution in [1.82, 2.24) is 4.98 Å². The molecule has 0 radical (unpaired) electrons.